The predicted octanol–water partition coefficient (Wildman–Crippen LogP) is 2.88. The van der Waals surface area contributed by atoms with E-state index < -0.39 is 0 Å². The standard InChI is InChI=1S/C14H22N2O/c1-11(9-16-14(2,3)4)8-12-6-7-13(17-5)15-10-12/h6-8,10,16H,9H2,1-5H3/b11-8-. The van der Waals surface area contributed by atoms with Gasteiger partial charge in [0.05, 0.1) is 7.11 Å². The third-order valence-corrected chi connectivity index (χ3v) is 2.28. The second-order valence-corrected chi connectivity index (χ2v) is 5.23. The largest absolute Gasteiger partial charge is 0.481 e. The van der Waals surface area contributed by atoms with Crippen molar-refractivity contribution in [2.45, 2.75) is 33.2 Å². The van der Waals surface area contributed by atoms with E-state index in [1.165, 1.54) is 5.57 Å². The molecule has 0 aliphatic carbocycles. The molecular formula is C14H22N2O. The minimum absolute atomic E-state index is 0.146. The van der Waals surface area contributed by atoms with Crippen molar-refractivity contribution in [3.8, 4) is 5.88 Å². The molecule has 3 heteroatoms. The van der Waals surface area contributed by atoms with Crippen molar-refractivity contribution < 1.29 is 4.74 Å². The molecule has 1 heterocycles. The summed E-state index contributed by atoms with van der Waals surface area (Å²) in [6.07, 6.45) is 3.95. The van der Waals surface area contributed by atoms with Crippen LogP contribution in [0.4, 0.5) is 0 Å². The van der Waals surface area contributed by atoms with E-state index in [0.29, 0.717) is 5.88 Å². The molecule has 1 rings (SSSR count). The zero-order valence-corrected chi connectivity index (χ0v) is 11.4. The molecule has 1 aromatic heterocycles. The van der Waals surface area contributed by atoms with E-state index in [9.17, 15) is 0 Å². The predicted molar refractivity (Wildman–Crippen MR) is 72.2 cm³/mol. The summed E-state index contributed by atoms with van der Waals surface area (Å²) in [5.41, 5.74) is 2.53. The first-order valence-electron chi connectivity index (χ1n) is 5.83. The normalized spacial score (nSPS) is 12.6. The fourth-order valence-corrected chi connectivity index (χ4v) is 1.34. The molecular weight excluding hydrogens is 212 g/mol. The SMILES string of the molecule is COc1ccc(/C=C(/C)CNC(C)(C)C)cn1. The Labute approximate surface area is 104 Å². The van der Waals surface area contributed by atoms with Crippen molar-refractivity contribution in [3.63, 3.8) is 0 Å². The highest BCUT2D eigenvalue weighted by Crippen LogP contribution is 2.10. The average Bonchev–Trinajstić information content (AvgIpc) is 2.27. The summed E-state index contributed by atoms with van der Waals surface area (Å²) in [5.74, 6) is 0.646. The molecule has 0 bridgehead atoms. The lowest BCUT2D eigenvalue weighted by atomic mass is 10.1. The monoisotopic (exact) mass is 234 g/mol. The molecule has 0 saturated heterocycles. The van der Waals surface area contributed by atoms with Crippen molar-refractivity contribution >= 4 is 6.08 Å². The number of ether oxygens (including phenoxy) is 1. The number of pyridine rings is 1. The zero-order chi connectivity index (χ0) is 12.9. The number of nitrogens with one attached hydrogen (secondary N) is 1. The first kappa shape index (κ1) is 13.7. The summed E-state index contributed by atoms with van der Waals surface area (Å²) in [4.78, 5) is 4.17. The van der Waals surface area contributed by atoms with Crippen molar-refractivity contribution in [1.82, 2.24) is 10.3 Å². The minimum atomic E-state index is 0.146. The Morgan fingerprint density at radius 2 is 2.12 bits per heavy atom. The van der Waals surface area contributed by atoms with Gasteiger partial charge in [0.25, 0.3) is 0 Å². The van der Waals surface area contributed by atoms with Crippen molar-refractivity contribution in [3.05, 3.63) is 29.5 Å². The second-order valence-electron chi connectivity index (χ2n) is 5.23. The summed E-state index contributed by atoms with van der Waals surface area (Å²) < 4.78 is 5.02. The number of hydrogen-bond donors (Lipinski definition) is 1. The Morgan fingerprint density at radius 1 is 1.41 bits per heavy atom. The van der Waals surface area contributed by atoms with Crippen molar-refractivity contribution in [2.75, 3.05) is 13.7 Å². The molecule has 0 aliphatic rings. The summed E-state index contributed by atoms with van der Waals surface area (Å²) in [7, 11) is 1.62. The Bertz CT molecular complexity index is 374. The Balaban J connectivity index is 2.61. The molecule has 1 N–H and O–H groups in total. The average molecular weight is 234 g/mol. The lowest BCUT2D eigenvalue weighted by Gasteiger charge is -2.20. The molecule has 0 saturated carbocycles. The van der Waals surface area contributed by atoms with Gasteiger partial charge in [-0.25, -0.2) is 4.98 Å². The van der Waals surface area contributed by atoms with E-state index in [4.69, 9.17) is 4.74 Å². The highest BCUT2D eigenvalue weighted by molar-refractivity contribution is 5.52. The van der Waals surface area contributed by atoms with Crippen LogP contribution >= 0.6 is 0 Å². The van der Waals surface area contributed by atoms with Crippen LogP contribution in [-0.2, 0) is 0 Å². The number of hydrogen-bond acceptors (Lipinski definition) is 3. The van der Waals surface area contributed by atoms with E-state index in [0.717, 1.165) is 12.1 Å². The number of methoxy groups -OCH3 is 1. The number of rotatable bonds is 4. The van der Waals surface area contributed by atoms with E-state index in [1.807, 2.05) is 18.3 Å². The smallest absolute Gasteiger partial charge is 0.212 e. The van der Waals surface area contributed by atoms with E-state index in [2.05, 4.69) is 44.1 Å². The van der Waals surface area contributed by atoms with Crippen LogP contribution in [0.3, 0.4) is 0 Å². The maximum atomic E-state index is 5.02. The van der Waals surface area contributed by atoms with Gasteiger partial charge in [-0.3, -0.25) is 0 Å². The second kappa shape index (κ2) is 5.82. The molecule has 0 amide bonds. The fraction of sp³-hybridized carbons (Fsp3) is 0.500. The van der Waals surface area contributed by atoms with Gasteiger partial charge in [-0.05, 0) is 39.3 Å². The highest BCUT2D eigenvalue weighted by atomic mass is 16.5. The zero-order valence-electron chi connectivity index (χ0n) is 11.4. The van der Waals surface area contributed by atoms with E-state index >= 15 is 0 Å². The van der Waals surface area contributed by atoms with Gasteiger partial charge in [0.2, 0.25) is 5.88 Å². The van der Waals surface area contributed by atoms with Crippen LogP contribution in [0.1, 0.15) is 33.3 Å². The van der Waals surface area contributed by atoms with Gasteiger partial charge in [-0.15, -0.1) is 0 Å². The maximum Gasteiger partial charge on any atom is 0.212 e. The molecule has 94 valence electrons. The first-order chi connectivity index (χ1) is 7.90. The quantitative estimate of drug-likeness (QED) is 0.869. The van der Waals surface area contributed by atoms with Gasteiger partial charge in [0, 0.05) is 24.3 Å². The molecule has 0 unspecified atom stereocenters. The van der Waals surface area contributed by atoms with Gasteiger partial charge >= 0.3 is 0 Å². The van der Waals surface area contributed by atoms with Crippen LogP contribution in [0.5, 0.6) is 5.88 Å². The molecule has 0 aliphatic heterocycles. The molecule has 0 radical (unpaired) electrons. The Hall–Kier alpha value is -1.35. The van der Waals surface area contributed by atoms with Crippen LogP contribution in [0, 0.1) is 0 Å². The van der Waals surface area contributed by atoms with Crippen LogP contribution in [-0.4, -0.2) is 24.2 Å². The van der Waals surface area contributed by atoms with Gasteiger partial charge < -0.3 is 10.1 Å². The summed E-state index contributed by atoms with van der Waals surface area (Å²) in [6, 6.07) is 3.88. The molecule has 3 nitrogen and oxygen atoms in total. The van der Waals surface area contributed by atoms with Crippen molar-refractivity contribution in [1.29, 1.82) is 0 Å². The van der Waals surface area contributed by atoms with Crippen molar-refractivity contribution in [2.24, 2.45) is 0 Å². The summed E-state index contributed by atoms with van der Waals surface area (Å²) >= 11 is 0. The lowest BCUT2D eigenvalue weighted by molar-refractivity contribution is 0.398. The van der Waals surface area contributed by atoms with Gasteiger partial charge in [0.15, 0.2) is 0 Å². The Morgan fingerprint density at radius 3 is 2.59 bits per heavy atom. The van der Waals surface area contributed by atoms with Crippen LogP contribution in [0.25, 0.3) is 6.08 Å². The topological polar surface area (TPSA) is 34.1 Å². The molecule has 0 spiro atoms. The van der Waals surface area contributed by atoms with Gasteiger partial charge in [-0.1, -0.05) is 11.6 Å². The highest BCUT2D eigenvalue weighted by Gasteiger charge is 2.07. The van der Waals surface area contributed by atoms with Crippen LogP contribution < -0.4 is 10.1 Å². The molecule has 0 fully saturated rings. The minimum Gasteiger partial charge on any atom is -0.481 e. The first-order valence-corrected chi connectivity index (χ1v) is 5.83. The fourth-order valence-electron chi connectivity index (χ4n) is 1.34. The number of nitrogens with zero attached hydrogens (tertiary/aromatic N) is 1. The van der Waals surface area contributed by atoms with Gasteiger partial charge in [-0.2, -0.15) is 0 Å². The van der Waals surface area contributed by atoms with E-state index in [1.54, 1.807) is 7.11 Å². The third-order valence-electron chi connectivity index (χ3n) is 2.28. The van der Waals surface area contributed by atoms with Crippen LogP contribution in [0.15, 0.2) is 23.9 Å². The van der Waals surface area contributed by atoms with Gasteiger partial charge in [0.1, 0.15) is 0 Å². The summed E-state index contributed by atoms with van der Waals surface area (Å²) in [5, 5.41) is 3.45. The number of aromatic nitrogens is 1. The third kappa shape index (κ3) is 5.50. The van der Waals surface area contributed by atoms with E-state index in [-0.39, 0.29) is 5.54 Å². The summed E-state index contributed by atoms with van der Waals surface area (Å²) in [6.45, 7) is 9.48. The maximum absolute atomic E-state index is 5.02. The molecule has 0 atom stereocenters. The Kier molecular flexibility index (Phi) is 4.70. The molecule has 17 heavy (non-hydrogen) atoms. The van der Waals surface area contributed by atoms with Crippen LogP contribution in [0.2, 0.25) is 0 Å². The molecule has 1 aromatic rings. The molecule has 0 aromatic carbocycles. The lowest BCUT2D eigenvalue weighted by Crippen LogP contribution is -2.36.